The Labute approximate surface area is 104 Å². The third-order valence-electron chi connectivity index (χ3n) is 2.60. The van der Waals surface area contributed by atoms with Crippen molar-refractivity contribution in [3.05, 3.63) is 34.7 Å². The highest BCUT2D eigenvalue weighted by Crippen LogP contribution is 2.05. The molecule has 2 aromatic rings. The molecule has 0 atom stereocenters. The lowest BCUT2D eigenvalue weighted by Crippen LogP contribution is -2.44. The van der Waals surface area contributed by atoms with E-state index in [0.29, 0.717) is 28.2 Å². The fourth-order valence-corrected chi connectivity index (χ4v) is 1.67. The maximum Gasteiger partial charge on any atom is 0.460 e. The molecule has 7 heteroatoms. The predicted molar refractivity (Wildman–Crippen MR) is 66.4 cm³/mol. The predicted octanol–water partition coefficient (Wildman–Crippen LogP) is -0.348. The first-order valence-corrected chi connectivity index (χ1v) is 5.80. The number of nitrogens with two attached hydrogens (primary N) is 1. The van der Waals surface area contributed by atoms with Crippen LogP contribution in [0.2, 0.25) is 0 Å². The van der Waals surface area contributed by atoms with E-state index in [0.717, 1.165) is 12.8 Å². The molecular formula is C11H15N5O2. The van der Waals surface area contributed by atoms with E-state index in [1.807, 2.05) is 0 Å². The minimum absolute atomic E-state index is 0.0146. The number of fused-ring (bicyclic) bond motifs is 1. The van der Waals surface area contributed by atoms with Crippen LogP contribution in [0.3, 0.4) is 0 Å². The number of rotatable bonds is 5. The number of nitrogens with zero attached hydrogens (tertiary/aromatic N) is 3. The van der Waals surface area contributed by atoms with Crippen LogP contribution in [0.5, 0.6) is 0 Å². The van der Waals surface area contributed by atoms with Gasteiger partial charge >= 0.3 is 5.95 Å². The Kier molecular flexibility index (Phi) is 3.73. The maximum absolute atomic E-state index is 12.0. The molecule has 1 aromatic carbocycles. The third kappa shape index (κ3) is 2.40. The number of hydrogen-bond donors (Lipinski definition) is 2. The van der Waals surface area contributed by atoms with Gasteiger partial charge in [0.1, 0.15) is 0 Å². The molecule has 0 fully saturated rings. The van der Waals surface area contributed by atoms with Gasteiger partial charge in [-0.1, -0.05) is 12.1 Å². The minimum atomic E-state index is 0.0146. The summed E-state index contributed by atoms with van der Waals surface area (Å²) in [5, 5.41) is 30.1. The normalized spacial score (nSPS) is 10.7. The number of hydrogen-bond acceptors (Lipinski definition) is 5. The van der Waals surface area contributed by atoms with E-state index < -0.39 is 0 Å². The zero-order chi connectivity index (χ0) is 13.0. The Hall–Kier alpha value is -2.15. The average Bonchev–Trinajstić information content (AvgIpc) is 2.40. The Morgan fingerprint density at radius 3 is 2.61 bits per heavy atom. The average molecular weight is 249 g/mol. The van der Waals surface area contributed by atoms with Gasteiger partial charge in [-0.05, 0) is 25.5 Å². The molecule has 0 amide bonds. The van der Waals surface area contributed by atoms with Crippen molar-refractivity contribution in [1.82, 2.24) is 5.10 Å². The topological polar surface area (TPSA) is 105 Å². The molecule has 0 saturated carbocycles. The highest BCUT2D eigenvalue weighted by atomic mass is 16.5. The van der Waals surface area contributed by atoms with E-state index in [9.17, 15) is 10.4 Å². The standard InChI is InChI=1S/C11H15N5O2/c12-7-3-4-8-13-11-14-16(18)10-6-2-1-5-9(10)15(11)17/h1-2,5-6H,3-4,7-8,12H2,(H,13,14). The van der Waals surface area contributed by atoms with Gasteiger partial charge in [-0.3, -0.25) is 5.32 Å². The van der Waals surface area contributed by atoms with Gasteiger partial charge in [0.2, 0.25) is 5.10 Å². The Balaban J connectivity index is 2.26. The Morgan fingerprint density at radius 2 is 1.89 bits per heavy atom. The van der Waals surface area contributed by atoms with Crippen molar-refractivity contribution < 1.29 is 9.58 Å². The van der Waals surface area contributed by atoms with Crippen molar-refractivity contribution in [3.63, 3.8) is 0 Å². The molecule has 0 spiro atoms. The summed E-state index contributed by atoms with van der Waals surface area (Å²) in [4.78, 5) is 0.453. The molecule has 0 unspecified atom stereocenters. The van der Waals surface area contributed by atoms with Gasteiger partial charge in [-0.2, -0.15) is 0 Å². The molecule has 0 saturated heterocycles. The van der Waals surface area contributed by atoms with Crippen LogP contribution in [0.4, 0.5) is 5.95 Å². The van der Waals surface area contributed by atoms with Crippen LogP contribution in [0.1, 0.15) is 12.8 Å². The quantitative estimate of drug-likeness (QED) is 0.428. The van der Waals surface area contributed by atoms with E-state index >= 15 is 0 Å². The van der Waals surface area contributed by atoms with E-state index in [1.54, 1.807) is 24.3 Å². The Morgan fingerprint density at radius 1 is 1.17 bits per heavy atom. The van der Waals surface area contributed by atoms with E-state index in [1.165, 1.54) is 0 Å². The summed E-state index contributed by atoms with van der Waals surface area (Å²) in [5.41, 5.74) is 5.92. The van der Waals surface area contributed by atoms with Gasteiger partial charge in [0, 0.05) is 10.9 Å². The van der Waals surface area contributed by atoms with Crippen molar-refractivity contribution in [3.8, 4) is 0 Å². The summed E-state index contributed by atoms with van der Waals surface area (Å²) in [5.74, 6) is 0.0146. The van der Waals surface area contributed by atoms with Crippen LogP contribution in [0, 0.1) is 10.4 Å². The highest BCUT2D eigenvalue weighted by Gasteiger charge is 2.18. The number of anilines is 1. The summed E-state index contributed by atoms with van der Waals surface area (Å²) >= 11 is 0. The molecule has 0 radical (unpaired) electrons. The van der Waals surface area contributed by atoms with Crippen molar-refractivity contribution in [2.24, 2.45) is 5.73 Å². The fourth-order valence-electron chi connectivity index (χ4n) is 1.67. The molecule has 1 heterocycles. The van der Waals surface area contributed by atoms with Crippen molar-refractivity contribution in [2.45, 2.75) is 12.8 Å². The van der Waals surface area contributed by atoms with E-state index in [-0.39, 0.29) is 11.5 Å². The van der Waals surface area contributed by atoms with Crippen LogP contribution in [0.25, 0.3) is 11.0 Å². The van der Waals surface area contributed by atoms with Crippen molar-refractivity contribution in [1.29, 1.82) is 0 Å². The lowest BCUT2D eigenvalue weighted by molar-refractivity contribution is -0.672. The molecule has 2 rings (SSSR count). The van der Waals surface area contributed by atoms with Gasteiger partial charge in [-0.25, -0.2) is 4.73 Å². The van der Waals surface area contributed by atoms with Crippen LogP contribution < -0.4 is 20.6 Å². The molecule has 0 aliphatic heterocycles. The van der Waals surface area contributed by atoms with Crippen LogP contribution in [0.15, 0.2) is 24.3 Å². The van der Waals surface area contributed by atoms with Crippen molar-refractivity contribution in [2.75, 3.05) is 18.4 Å². The summed E-state index contributed by atoms with van der Waals surface area (Å²) in [6.07, 6.45) is 1.68. The SMILES string of the molecule is NCCCCNc1n[n+]([O-])c2ccccc2[n+]1[O-]. The number of aromatic nitrogens is 3. The van der Waals surface area contributed by atoms with Gasteiger partial charge < -0.3 is 16.1 Å². The minimum Gasteiger partial charge on any atom is -0.739 e. The second-order valence-corrected chi connectivity index (χ2v) is 3.90. The lowest BCUT2D eigenvalue weighted by atomic mass is 10.3. The zero-order valence-electron chi connectivity index (χ0n) is 9.87. The highest BCUT2D eigenvalue weighted by molar-refractivity contribution is 5.67. The van der Waals surface area contributed by atoms with Gasteiger partial charge in [0.25, 0.3) is 5.52 Å². The largest absolute Gasteiger partial charge is 0.739 e. The zero-order valence-corrected chi connectivity index (χ0v) is 9.87. The molecule has 7 nitrogen and oxygen atoms in total. The maximum atomic E-state index is 12.0. The first kappa shape index (κ1) is 12.3. The lowest BCUT2D eigenvalue weighted by Gasteiger charge is -2.09. The van der Waals surface area contributed by atoms with Gasteiger partial charge in [-0.15, -0.1) is 0 Å². The van der Waals surface area contributed by atoms with Crippen molar-refractivity contribution >= 4 is 17.0 Å². The van der Waals surface area contributed by atoms with Gasteiger partial charge in [0.15, 0.2) is 5.52 Å². The summed E-state index contributed by atoms with van der Waals surface area (Å²) in [7, 11) is 0. The molecule has 18 heavy (non-hydrogen) atoms. The van der Waals surface area contributed by atoms with E-state index in [2.05, 4.69) is 10.4 Å². The molecule has 1 aromatic heterocycles. The number of para-hydroxylation sites is 2. The summed E-state index contributed by atoms with van der Waals surface area (Å²) < 4.78 is 0.631. The number of unbranched alkanes of at least 4 members (excludes halogenated alkanes) is 1. The number of benzene rings is 1. The smallest absolute Gasteiger partial charge is 0.460 e. The second kappa shape index (κ2) is 5.46. The van der Waals surface area contributed by atoms with Crippen LogP contribution >= 0.6 is 0 Å². The monoisotopic (exact) mass is 249 g/mol. The molecule has 0 bridgehead atoms. The molecule has 96 valence electrons. The summed E-state index contributed by atoms with van der Waals surface area (Å²) in [6.45, 7) is 1.16. The van der Waals surface area contributed by atoms with Gasteiger partial charge in [0.05, 0.1) is 6.54 Å². The van der Waals surface area contributed by atoms with Crippen LogP contribution in [-0.2, 0) is 0 Å². The van der Waals surface area contributed by atoms with E-state index in [4.69, 9.17) is 5.73 Å². The first-order chi connectivity index (χ1) is 8.74. The fraction of sp³-hybridized carbons (Fsp3) is 0.364. The van der Waals surface area contributed by atoms with Crippen LogP contribution in [-0.4, -0.2) is 18.2 Å². The molecule has 0 aliphatic rings. The first-order valence-electron chi connectivity index (χ1n) is 5.80. The second-order valence-electron chi connectivity index (χ2n) is 3.90. The summed E-state index contributed by atoms with van der Waals surface area (Å²) in [6, 6.07) is 6.53. The Bertz CT molecular complexity index is 546. The molecule has 0 aliphatic carbocycles. The number of nitrogens with one attached hydrogen (secondary N) is 1. The third-order valence-corrected chi connectivity index (χ3v) is 2.60. The molecule has 3 N–H and O–H groups in total. The molecular weight excluding hydrogens is 234 g/mol.